The van der Waals surface area contributed by atoms with Gasteiger partial charge in [-0.05, 0) is 31.0 Å². The minimum absolute atomic E-state index is 0. The number of anilines is 1. The van der Waals surface area contributed by atoms with E-state index < -0.39 is 0 Å². The van der Waals surface area contributed by atoms with Crippen LogP contribution in [0.2, 0.25) is 0 Å². The lowest BCUT2D eigenvalue weighted by atomic mass is 10.2. The van der Waals surface area contributed by atoms with Crippen LogP contribution in [0, 0.1) is 0 Å². The van der Waals surface area contributed by atoms with Crippen molar-refractivity contribution < 1.29 is 9.32 Å². The third-order valence-corrected chi connectivity index (χ3v) is 5.01. The summed E-state index contributed by atoms with van der Waals surface area (Å²) in [5.41, 5.74) is 2.92. The zero-order valence-electron chi connectivity index (χ0n) is 18.3. The molecule has 0 unspecified atom stereocenters. The molecule has 1 aliphatic rings. The van der Waals surface area contributed by atoms with Crippen molar-refractivity contribution in [2.24, 2.45) is 4.99 Å². The Hall–Kier alpha value is -2.14. The Balaban J connectivity index is 0.00000341. The average Bonchev–Trinajstić information content (AvgIpc) is 3.26. The summed E-state index contributed by atoms with van der Waals surface area (Å²) in [6.07, 6.45) is 3.01. The molecule has 2 N–H and O–H groups in total. The number of carbonyl (C=O) groups excluding carboxylic acids is 1. The highest BCUT2D eigenvalue weighted by molar-refractivity contribution is 14.0. The Morgan fingerprint density at radius 2 is 1.87 bits per heavy atom. The molecular formula is C22H33IN6O2. The first-order valence-corrected chi connectivity index (χ1v) is 10.7. The number of aliphatic imine (C=N–C) groups is 1. The van der Waals surface area contributed by atoms with E-state index in [9.17, 15) is 4.79 Å². The number of carbonyl (C=O) groups is 1. The minimum atomic E-state index is 0. The van der Waals surface area contributed by atoms with Gasteiger partial charge in [0.15, 0.2) is 5.96 Å². The largest absolute Gasteiger partial charge is 0.364 e. The molecule has 0 saturated carbocycles. The van der Waals surface area contributed by atoms with Gasteiger partial charge in [-0.3, -0.25) is 9.69 Å². The fourth-order valence-corrected chi connectivity index (χ4v) is 3.40. The van der Waals surface area contributed by atoms with Crippen molar-refractivity contribution in [2.75, 3.05) is 38.0 Å². The van der Waals surface area contributed by atoms with Crippen molar-refractivity contribution in [1.82, 2.24) is 20.3 Å². The molecule has 9 heteroatoms. The van der Waals surface area contributed by atoms with Crippen LogP contribution in [0.1, 0.15) is 37.9 Å². The molecule has 3 rings (SSSR count). The van der Waals surface area contributed by atoms with E-state index in [-0.39, 0.29) is 29.9 Å². The van der Waals surface area contributed by atoms with Gasteiger partial charge in [-0.1, -0.05) is 24.2 Å². The molecule has 8 nitrogen and oxygen atoms in total. The highest BCUT2D eigenvalue weighted by Gasteiger charge is 2.20. The minimum Gasteiger partial charge on any atom is -0.364 e. The summed E-state index contributed by atoms with van der Waals surface area (Å²) in [5.74, 6) is 0.999. The number of rotatable bonds is 8. The second kappa shape index (κ2) is 13.3. The molecule has 1 fully saturated rings. The third kappa shape index (κ3) is 8.13. The zero-order chi connectivity index (χ0) is 21.2. The average molecular weight is 540 g/mol. The second-order valence-corrected chi connectivity index (χ2v) is 7.42. The summed E-state index contributed by atoms with van der Waals surface area (Å²) in [5, 5.41) is 10.3. The van der Waals surface area contributed by atoms with Crippen LogP contribution in [0.3, 0.4) is 0 Å². The standard InChI is InChI=1S/C22H32N6O2.HI/c1-3-5-21(29)25-19-8-6-18(7-9-19)16-24-22(23-4-2)28-13-11-27(12-14-28)17-20-10-15-30-26-20;/h6-10,15H,3-5,11-14,16-17H2,1-2H3,(H,23,24)(H,25,29);1H. The maximum atomic E-state index is 11.7. The smallest absolute Gasteiger partial charge is 0.224 e. The van der Waals surface area contributed by atoms with Crippen LogP contribution in [-0.4, -0.2) is 59.5 Å². The van der Waals surface area contributed by atoms with E-state index in [0.29, 0.717) is 13.0 Å². The molecule has 1 amide bonds. The normalized spacial score (nSPS) is 14.8. The number of benzene rings is 1. The Bertz CT molecular complexity index is 802. The number of piperazine rings is 1. The summed E-state index contributed by atoms with van der Waals surface area (Å²) < 4.78 is 4.92. The van der Waals surface area contributed by atoms with Gasteiger partial charge in [-0.25, -0.2) is 4.99 Å². The third-order valence-electron chi connectivity index (χ3n) is 5.01. The summed E-state index contributed by atoms with van der Waals surface area (Å²) in [4.78, 5) is 21.2. The molecule has 2 heterocycles. The second-order valence-electron chi connectivity index (χ2n) is 7.42. The van der Waals surface area contributed by atoms with E-state index in [1.807, 2.05) is 37.3 Å². The molecule has 2 aromatic rings. The molecule has 1 aromatic heterocycles. The number of amides is 1. The lowest BCUT2D eigenvalue weighted by molar-refractivity contribution is -0.116. The van der Waals surface area contributed by atoms with Crippen molar-refractivity contribution in [1.29, 1.82) is 0 Å². The van der Waals surface area contributed by atoms with E-state index in [0.717, 1.165) is 68.6 Å². The fourth-order valence-electron chi connectivity index (χ4n) is 3.40. The van der Waals surface area contributed by atoms with E-state index in [1.165, 1.54) is 0 Å². The first-order chi connectivity index (χ1) is 14.7. The van der Waals surface area contributed by atoms with Gasteiger partial charge in [0.05, 0.1) is 12.2 Å². The van der Waals surface area contributed by atoms with Gasteiger partial charge in [0, 0.05) is 57.4 Å². The summed E-state index contributed by atoms with van der Waals surface area (Å²) in [6, 6.07) is 9.83. The monoisotopic (exact) mass is 540 g/mol. The van der Waals surface area contributed by atoms with Crippen molar-refractivity contribution >= 4 is 41.5 Å². The first-order valence-electron chi connectivity index (χ1n) is 10.7. The fraction of sp³-hybridized carbons (Fsp3) is 0.500. The molecule has 1 aromatic carbocycles. The van der Waals surface area contributed by atoms with Crippen molar-refractivity contribution in [2.45, 2.75) is 39.8 Å². The van der Waals surface area contributed by atoms with Crippen molar-refractivity contribution in [3.63, 3.8) is 0 Å². The number of aromatic nitrogens is 1. The topological polar surface area (TPSA) is 86.0 Å². The Morgan fingerprint density at radius 3 is 2.48 bits per heavy atom. The van der Waals surface area contributed by atoms with Crippen LogP contribution in [0.25, 0.3) is 0 Å². The summed E-state index contributed by atoms with van der Waals surface area (Å²) in [7, 11) is 0. The lowest BCUT2D eigenvalue weighted by Gasteiger charge is -2.36. The Kier molecular flexibility index (Phi) is 10.8. The van der Waals surface area contributed by atoms with Gasteiger partial charge in [0.25, 0.3) is 0 Å². The number of guanidine groups is 1. The van der Waals surface area contributed by atoms with Crippen LogP contribution in [0.15, 0.2) is 46.1 Å². The molecular weight excluding hydrogens is 507 g/mol. The molecule has 0 radical (unpaired) electrons. The Labute approximate surface area is 201 Å². The van der Waals surface area contributed by atoms with Gasteiger partial charge in [0.2, 0.25) is 5.91 Å². The van der Waals surface area contributed by atoms with E-state index >= 15 is 0 Å². The molecule has 1 saturated heterocycles. The number of hydrogen-bond donors (Lipinski definition) is 2. The lowest BCUT2D eigenvalue weighted by Crippen LogP contribution is -2.52. The molecule has 0 bridgehead atoms. The number of nitrogens with one attached hydrogen (secondary N) is 2. The van der Waals surface area contributed by atoms with Crippen molar-refractivity contribution in [3.05, 3.63) is 47.9 Å². The van der Waals surface area contributed by atoms with Gasteiger partial charge in [-0.2, -0.15) is 0 Å². The highest BCUT2D eigenvalue weighted by Crippen LogP contribution is 2.12. The number of halogens is 1. The van der Waals surface area contributed by atoms with Crippen LogP contribution >= 0.6 is 24.0 Å². The number of nitrogens with zero attached hydrogens (tertiary/aromatic N) is 4. The Morgan fingerprint density at radius 1 is 1.13 bits per heavy atom. The van der Waals surface area contributed by atoms with Crippen LogP contribution in [-0.2, 0) is 17.9 Å². The van der Waals surface area contributed by atoms with Crippen LogP contribution in [0.5, 0.6) is 0 Å². The molecule has 0 spiro atoms. The van der Waals surface area contributed by atoms with E-state index in [2.05, 4.69) is 32.5 Å². The quantitative estimate of drug-likeness (QED) is 0.304. The van der Waals surface area contributed by atoms with Gasteiger partial charge < -0.3 is 20.1 Å². The molecule has 0 aliphatic carbocycles. The molecule has 1 aliphatic heterocycles. The number of hydrogen-bond acceptors (Lipinski definition) is 5. The molecule has 0 atom stereocenters. The zero-order valence-corrected chi connectivity index (χ0v) is 20.7. The van der Waals surface area contributed by atoms with E-state index in [1.54, 1.807) is 6.26 Å². The van der Waals surface area contributed by atoms with E-state index in [4.69, 9.17) is 9.52 Å². The van der Waals surface area contributed by atoms with Gasteiger partial charge in [-0.15, -0.1) is 24.0 Å². The maximum Gasteiger partial charge on any atom is 0.224 e. The summed E-state index contributed by atoms with van der Waals surface area (Å²) in [6.45, 7) is 10.1. The SMILES string of the molecule is CCCC(=O)Nc1ccc(CN=C(NCC)N2CCN(Cc3ccon3)CC2)cc1.I. The van der Waals surface area contributed by atoms with Crippen LogP contribution in [0.4, 0.5) is 5.69 Å². The predicted octanol–water partition coefficient (Wildman–Crippen LogP) is 3.31. The predicted molar refractivity (Wildman–Crippen MR) is 134 cm³/mol. The van der Waals surface area contributed by atoms with Crippen LogP contribution < -0.4 is 10.6 Å². The van der Waals surface area contributed by atoms with Crippen molar-refractivity contribution in [3.8, 4) is 0 Å². The van der Waals surface area contributed by atoms with Gasteiger partial charge >= 0.3 is 0 Å². The molecule has 170 valence electrons. The first kappa shape index (κ1) is 25.1. The highest BCUT2D eigenvalue weighted by atomic mass is 127. The maximum absolute atomic E-state index is 11.7. The summed E-state index contributed by atoms with van der Waals surface area (Å²) >= 11 is 0. The molecule has 31 heavy (non-hydrogen) atoms. The van der Waals surface area contributed by atoms with Gasteiger partial charge in [0.1, 0.15) is 6.26 Å².